The van der Waals surface area contributed by atoms with Crippen LogP contribution in [0.25, 0.3) is 0 Å². The van der Waals surface area contributed by atoms with E-state index < -0.39 is 17.7 Å². The molecule has 94 valence electrons. The van der Waals surface area contributed by atoms with Crippen molar-refractivity contribution in [2.75, 3.05) is 0 Å². The molecule has 1 heterocycles. The Kier molecular flexibility index (Phi) is 4.00. The fraction of sp³-hybridized carbons (Fsp3) is 0.0833. The molecule has 0 amide bonds. The Balaban J connectivity index is 2.38. The van der Waals surface area contributed by atoms with Crippen LogP contribution in [0.5, 0.6) is 0 Å². The molecular weight excluding hydrogens is 304 g/mol. The van der Waals surface area contributed by atoms with Crippen LogP contribution in [0.1, 0.15) is 17.3 Å². The average molecular weight is 314 g/mol. The van der Waals surface area contributed by atoms with E-state index in [1.54, 1.807) is 18.3 Å². The Morgan fingerprint density at radius 1 is 1.17 bits per heavy atom. The molecule has 0 saturated carbocycles. The lowest BCUT2D eigenvalue weighted by Crippen LogP contribution is -2.29. The van der Waals surface area contributed by atoms with Gasteiger partial charge in [-0.05, 0) is 45.8 Å². The molecule has 0 saturated heterocycles. The Morgan fingerprint density at radius 3 is 2.50 bits per heavy atom. The average Bonchev–Trinajstić information content (AvgIpc) is 2.37. The maximum Gasteiger partial charge on any atom is 0.159 e. The van der Waals surface area contributed by atoms with Crippen LogP contribution in [-0.4, -0.2) is 4.98 Å². The summed E-state index contributed by atoms with van der Waals surface area (Å²) >= 11 is 3.27. The summed E-state index contributed by atoms with van der Waals surface area (Å²) in [6, 6.07) is 6.68. The predicted octanol–water partition coefficient (Wildman–Crippen LogP) is 2.68. The second kappa shape index (κ2) is 5.51. The molecule has 0 aliphatic heterocycles. The number of benzene rings is 1. The fourth-order valence-corrected chi connectivity index (χ4v) is 1.84. The van der Waals surface area contributed by atoms with Crippen LogP contribution in [0.4, 0.5) is 8.78 Å². The van der Waals surface area contributed by atoms with Gasteiger partial charge < -0.3 is 0 Å². The second-order valence-corrected chi connectivity index (χ2v) is 4.59. The van der Waals surface area contributed by atoms with Crippen LogP contribution < -0.4 is 11.3 Å². The van der Waals surface area contributed by atoms with Crippen LogP contribution in [0.15, 0.2) is 41.0 Å². The minimum atomic E-state index is -0.912. The third-order valence-corrected chi connectivity index (χ3v) is 2.96. The number of nitrogens with zero attached hydrogens (tertiary/aromatic N) is 1. The lowest BCUT2D eigenvalue weighted by Gasteiger charge is -2.16. The summed E-state index contributed by atoms with van der Waals surface area (Å²) in [4.78, 5) is 4.17. The van der Waals surface area contributed by atoms with Crippen LogP contribution in [0.2, 0.25) is 0 Å². The van der Waals surface area contributed by atoms with Crippen LogP contribution in [0, 0.1) is 11.6 Å². The predicted molar refractivity (Wildman–Crippen MR) is 67.5 cm³/mol. The van der Waals surface area contributed by atoms with Crippen molar-refractivity contribution < 1.29 is 8.78 Å². The summed E-state index contributed by atoms with van der Waals surface area (Å²) in [6.45, 7) is 0. The standard InChI is InChI=1S/C12H10BrF2N3/c13-8-2-4-11(17-6-8)12(18-16)7-1-3-9(14)10(15)5-7/h1-6,12,18H,16H2. The highest BCUT2D eigenvalue weighted by Crippen LogP contribution is 2.22. The number of aromatic nitrogens is 1. The molecule has 0 aliphatic carbocycles. The molecule has 3 N–H and O–H groups in total. The molecule has 2 rings (SSSR count). The number of rotatable bonds is 3. The Hall–Kier alpha value is -1.37. The topological polar surface area (TPSA) is 50.9 Å². The number of hydrogen-bond acceptors (Lipinski definition) is 3. The van der Waals surface area contributed by atoms with Gasteiger partial charge in [0.1, 0.15) is 0 Å². The van der Waals surface area contributed by atoms with E-state index in [9.17, 15) is 8.78 Å². The van der Waals surface area contributed by atoms with Crippen LogP contribution >= 0.6 is 15.9 Å². The molecule has 0 fully saturated rings. The number of nitrogens with one attached hydrogen (secondary N) is 1. The fourth-order valence-electron chi connectivity index (χ4n) is 1.60. The Bertz CT molecular complexity index is 546. The quantitative estimate of drug-likeness (QED) is 0.676. The van der Waals surface area contributed by atoms with E-state index in [0.29, 0.717) is 11.3 Å². The van der Waals surface area contributed by atoms with Gasteiger partial charge in [-0.25, -0.2) is 14.2 Å². The SMILES string of the molecule is NNC(c1ccc(F)c(F)c1)c1ccc(Br)cn1. The lowest BCUT2D eigenvalue weighted by molar-refractivity contribution is 0.503. The highest BCUT2D eigenvalue weighted by molar-refractivity contribution is 9.10. The molecule has 2 aromatic rings. The summed E-state index contributed by atoms with van der Waals surface area (Å²) in [5.74, 6) is 3.64. The van der Waals surface area contributed by atoms with E-state index in [1.165, 1.54) is 6.07 Å². The molecule has 1 aromatic heterocycles. The van der Waals surface area contributed by atoms with E-state index in [-0.39, 0.29) is 0 Å². The number of halogens is 3. The summed E-state index contributed by atoms with van der Waals surface area (Å²) in [7, 11) is 0. The zero-order valence-corrected chi connectivity index (χ0v) is 10.8. The lowest BCUT2D eigenvalue weighted by atomic mass is 10.0. The molecule has 0 spiro atoms. The van der Waals surface area contributed by atoms with Gasteiger partial charge in [-0.2, -0.15) is 0 Å². The van der Waals surface area contributed by atoms with Crippen LogP contribution in [0.3, 0.4) is 0 Å². The largest absolute Gasteiger partial charge is 0.271 e. The minimum absolute atomic E-state index is 0.492. The maximum atomic E-state index is 13.2. The maximum absolute atomic E-state index is 13.2. The van der Waals surface area contributed by atoms with Gasteiger partial charge in [0.15, 0.2) is 11.6 Å². The third-order valence-electron chi connectivity index (χ3n) is 2.49. The Morgan fingerprint density at radius 2 is 1.94 bits per heavy atom. The molecule has 0 radical (unpaired) electrons. The second-order valence-electron chi connectivity index (χ2n) is 3.67. The van der Waals surface area contributed by atoms with E-state index in [4.69, 9.17) is 5.84 Å². The molecule has 18 heavy (non-hydrogen) atoms. The number of pyridine rings is 1. The van der Waals surface area contributed by atoms with Crippen molar-refractivity contribution in [1.29, 1.82) is 0 Å². The first-order valence-corrected chi connectivity index (χ1v) is 5.93. The van der Waals surface area contributed by atoms with Gasteiger partial charge in [-0.3, -0.25) is 10.8 Å². The number of hydrazine groups is 1. The first kappa shape index (κ1) is 13.1. The van der Waals surface area contributed by atoms with Crippen molar-refractivity contribution in [2.24, 2.45) is 5.84 Å². The molecule has 1 aromatic carbocycles. The summed E-state index contributed by atoms with van der Waals surface area (Å²) in [6.07, 6.45) is 1.61. The van der Waals surface area contributed by atoms with Crippen molar-refractivity contribution in [3.05, 3.63) is 63.9 Å². The van der Waals surface area contributed by atoms with Gasteiger partial charge in [0, 0.05) is 10.7 Å². The van der Waals surface area contributed by atoms with E-state index >= 15 is 0 Å². The van der Waals surface area contributed by atoms with Crippen molar-refractivity contribution in [3.63, 3.8) is 0 Å². The van der Waals surface area contributed by atoms with E-state index in [1.807, 2.05) is 0 Å². The highest BCUT2D eigenvalue weighted by atomic mass is 79.9. The minimum Gasteiger partial charge on any atom is -0.271 e. The Labute approximate surface area is 111 Å². The van der Waals surface area contributed by atoms with Gasteiger partial charge in [-0.1, -0.05) is 6.07 Å². The highest BCUT2D eigenvalue weighted by Gasteiger charge is 2.15. The van der Waals surface area contributed by atoms with Gasteiger partial charge >= 0.3 is 0 Å². The molecule has 3 nitrogen and oxygen atoms in total. The zero-order chi connectivity index (χ0) is 13.1. The van der Waals surface area contributed by atoms with Gasteiger partial charge in [0.25, 0.3) is 0 Å². The molecule has 0 bridgehead atoms. The van der Waals surface area contributed by atoms with E-state index in [2.05, 4.69) is 26.3 Å². The molecule has 1 atom stereocenters. The monoisotopic (exact) mass is 313 g/mol. The van der Waals surface area contributed by atoms with Gasteiger partial charge in [0.2, 0.25) is 0 Å². The molecule has 6 heteroatoms. The summed E-state index contributed by atoms with van der Waals surface area (Å²) in [5.41, 5.74) is 3.66. The normalized spacial score (nSPS) is 12.4. The smallest absolute Gasteiger partial charge is 0.159 e. The van der Waals surface area contributed by atoms with Crippen molar-refractivity contribution in [1.82, 2.24) is 10.4 Å². The first-order valence-electron chi connectivity index (χ1n) is 5.14. The third kappa shape index (κ3) is 2.72. The van der Waals surface area contributed by atoms with Crippen molar-refractivity contribution in [2.45, 2.75) is 6.04 Å². The molecular formula is C12H10BrF2N3. The summed E-state index contributed by atoms with van der Waals surface area (Å²) < 4.78 is 26.9. The molecule has 0 aliphatic rings. The number of hydrogen-bond donors (Lipinski definition) is 2. The van der Waals surface area contributed by atoms with Crippen molar-refractivity contribution in [3.8, 4) is 0 Å². The van der Waals surface area contributed by atoms with Gasteiger partial charge in [-0.15, -0.1) is 0 Å². The van der Waals surface area contributed by atoms with E-state index in [0.717, 1.165) is 16.6 Å². The molecule has 1 unspecified atom stereocenters. The zero-order valence-electron chi connectivity index (χ0n) is 9.20. The first-order chi connectivity index (χ1) is 8.61. The van der Waals surface area contributed by atoms with Crippen molar-refractivity contribution >= 4 is 15.9 Å². The number of nitrogens with two attached hydrogens (primary N) is 1. The van der Waals surface area contributed by atoms with Gasteiger partial charge in [0.05, 0.1) is 11.7 Å². The summed E-state index contributed by atoms with van der Waals surface area (Å²) in [5, 5.41) is 0. The van der Waals surface area contributed by atoms with Crippen LogP contribution in [-0.2, 0) is 0 Å².